The lowest BCUT2D eigenvalue weighted by molar-refractivity contribution is -0.121. The van der Waals surface area contributed by atoms with Crippen LogP contribution in [0.5, 0.6) is 0 Å². The summed E-state index contributed by atoms with van der Waals surface area (Å²) in [6, 6.07) is 0. The summed E-state index contributed by atoms with van der Waals surface area (Å²) >= 11 is 2.26. The van der Waals surface area contributed by atoms with Crippen LogP contribution < -0.4 is 10.6 Å². The summed E-state index contributed by atoms with van der Waals surface area (Å²) in [6.45, 7) is 3.64. The van der Waals surface area contributed by atoms with Gasteiger partial charge in [-0.05, 0) is 6.92 Å². The third-order valence-corrected chi connectivity index (χ3v) is 2.20. The number of hydrogen-bond acceptors (Lipinski definition) is 2. The largest absolute Gasteiger partial charge is 0.355 e. The van der Waals surface area contributed by atoms with Crippen molar-refractivity contribution < 1.29 is 4.79 Å². The zero-order valence-electron chi connectivity index (χ0n) is 5.91. The molecule has 1 heterocycles. The van der Waals surface area contributed by atoms with Crippen LogP contribution in [0.25, 0.3) is 0 Å². The lowest BCUT2D eigenvalue weighted by Gasteiger charge is -2.19. The van der Waals surface area contributed by atoms with E-state index in [-0.39, 0.29) is 9.45 Å². The zero-order valence-corrected chi connectivity index (χ0v) is 8.07. The van der Waals surface area contributed by atoms with E-state index in [2.05, 4.69) is 33.2 Å². The number of halogens is 1. The van der Waals surface area contributed by atoms with Gasteiger partial charge in [-0.25, -0.2) is 0 Å². The van der Waals surface area contributed by atoms with E-state index in [0.29, 0.717) is 6.42 Å². The molecule has 1 aliphatic rings. The SMILES string of the molecule is CC1(I)CC(=O)NCCN1. The topological polar surface area (TPSA) is 41.1 Å². The lowest BCUT2D eigenvalue weighted by atomic mass is 10.2. The van der Waals surface area contributed by atoms with Gasteiger partial charge in [-0.15, -0.1) is 0 Å². The number of hydrogen-bond donors (Lipinski definition) is 2. The van der Waals surface area contributed by atoms with Gasteiger partial charge in [-0.2, -0.15) is 0 Å². The van der Waals surface area contributed by atoms with Gasteiger partial charge in [0.15, 0.2) is 0 Å². The number of alkyl halides is 1. The van der Waals surface area contributed by atoms with Gasteiger partial charge in [-0.1, -0.05) is 22.6 Å². The van der Waals surface area contributed by atoms with E-state index in [4.69, 9.17) is 0 Å². The van der Waals surface area contributed by atoms with E-state index >= 15 is 0 Å². The Morgan fingerprint density at radius 3 is 3.00 bits per heavy atom. The second-order valence-electron chi connectivity index (χ2n) is 2.65. The van der Waals surface area contributed by atoms with Crippen LogP contribution in [0.1, 0.15) is 13.3 Å². The van der Waals surface area contributed by atoms with Crippen LogP contribution in [0.2, 0.25) is 0 Å². The molecular formula is C6H11IN2O. The summed E-state index contributed by atoms with van der Waals surface area (Å²) in [5.74, 6) is 0.141. The Hall–Kier alpha value is 0.160. The summed E-state index contributed by atoms with van der Waals surface area (Å²) in [6.07, 6.45) is 0.563. The van der Waals surface area contributed by atoms with Crippen molar-refractivity contribution in [3.63, 3.8) is 0 Å². The first-order valence-electron chi connectivity index (χ1n) is 3.31. The van der Waals surface area contributed by atoms with Crippen LogP contribution in [0, 0.1) is 0 Å². The standard InChI is InChI=1S/C6H11IN2O/c1-6(7)4-5(10)8-2-3-9-6/h9H,2-4H2,1H3,(H,8,10). The molecule has 1 aliphatic heterocycles. The van der Waals surface area contributed by atoms with Crippen molar-refractivity contribution in [2.75, 3.05) is 13.1 Å². The Labute approximate surface area is 74.1 Å². The predicted octanol–water partition coefficient (Wildman–Crippen LogP) is 0.247. The quantitative estimate of drug-likeness (QED) is 0.369. The molecule has 58 valence electrons. The van der Waals surface area contributed by atoms with Gasteiger partial charge >= 0.3 is 0 Å². The molecule has 0 aliphatic carbocycles. The molecule has 1 fully saturated rings. The van der Waals surface area contributed by atoms with Gasteiger partial charge in [0.25, 0.3) is 0 Å². The zero-order chi connectivity index (χ0) is 7.61. The van der Waals surface area contributed by atoms with Crippen molar-refractivity contribution in [2.45, 2.75) is 16.9 Å². The van der Waals surface area contributed by atoms with Crippen molar-refractivity contribution in [1.29, 1.82) is 0 Å². The molecule has 1 unspecified atom stereocenters. The Morgan fingerprint density at radius 2 is 2.30 bits per heavy atom. The van der Waals surface area contributed by atoms with E-state index in [1.165, 1.54) is 0 Å². The summed E-state index contributed by atoms with van der Waals surface area (Å²) in [7, 11) is 0. The molecule has 0 bridgehead atoms. The lowest BCUT2D eigenvalue weighted by Crippen LogP contribution is -2.36. The van der Waals surface area contributed by atoms with Gasteiger partial charge in [0, 0.05) is 13.1 Å². The first kappa shape index (κ1) is 8.26. The molecule has 1 amide bonds. The number of rotatable bonds is 0. The van der Waals surface area contributed by atoms with Crippen LogP contribution in [-0.2, 0) is 4.79 Å². The normalized spacial score (nSPS) is 34.8. The third-order valence-electron chi connectivity index (χ3n) is 1.43. The van der Waals surface area contributed by atoms with Crippen molar-refractivity contribution in [2.24, 2.45) is 0 Å². The molecule has 0 aromatic carbocycles. The summed E-state index contributed by atoms with van der Waals surface area (Å²) in [5, 5.41) is 6.05. The molecule has 2 N–H and O–H groups in total. The number of nitrogens with one attached hydrogen (secondary N) is 2. The summed E-state index contributed by atoms with van der Waals surface area (Å²) < 4.78 is -0.0572. The number of amides is 1. The monoisotopic (exact) mass is 254 g/mol. The summed E-state index contributed by atoms with van der Waals surface area (Å²) in [5.41, 5.74) is 0. The van der Waals surface area contributed by atoms with Crippen LogP contribution >= 0.6 is 22.6 Å². The van der Waals surface area contributed by atoms with Crippen LogP contribution in [0.4, 0.5) is 0 Å². The van der Waals surface area contributed by atoms with E-state index in [1.807, 2.05) is 6.92 Å². The van der Waals surface area contributed by atoms with E-state index < -0.39 is 0 Å². The molecule has 0 spiro atoms. The van der Waals surface area contributed by atoms with Gasteiger partial charge in [-0.3, -0.25) is 4.79 Å². The maximum absolute atomic E-state index is 10.9. The molecule has 10 heavy (non-hydrogen) atoms. The van der Waals surface area contributed by atoms with Gasteiger partial charge in [0.1, 0.15) is 0 Å². The average Bonchev–Trinajstić information content (AvgIpc) is 1.90. The van der Waals surface area contributed by atoms with Crippen molar-refractivity contribution in [1.82, 2.24) is 10.6 Å². The first-order valence-corrected chi connectivity index (χ1v) is 4.39. The van der Waals surface area contributed by atoms with E-state index in [1.54, 1.807) is 0 Å². The Balaban J connectivity index is 2.54. The van der Waals surface area contributed by atoms with Crippen LogP contribution in [-0.4, -0.2) is 22.5 Å². The maximum Gasteiger partial charge on any atom is 0.222 e. The van der Waals surface area contributed by atoms with Crippen LogP contribution in [0.15, 0.2) is 0 Å². The summed E-state index contributed by atoms with van der Waals surface area (Å²) in [4.78, 5) is 10.9. The fourth-order valence-electron chi connectivity index (χ4n) is 0.952. The minimum absolute atomic E-state index is 0.0572. The highest BCUT2D eigenvalue weighted by Gasteiger charge is 2.24. The van der Waals surface area contributed by atoms with E-state index in [9.17, 15) is 4.79 Å². The number of carbonyl (C=O) groups excluding carboxylic acids is 1. The van der Waals surface area contributed by atoms with E-state index in [0.717, 1.165) is 13.1 Å². The molecular weight excluding hydrogens is 243 g/mol. The van der Waals surface area contributed by atoms with Gasteiger partial charge < -0.3 is 10.6 Å². The Bertz CT molecular complexity index is 147. The minimum Gasteiger partial charge on any atom is -0.355 e. The average molecular weight is 254 g/mol. The molecule has 1 atom stereocenters. The molecule has 0 aromatic heterocycles. The minimum atomic E-state index is -0.0572. The molecule has 3 nitrogen and oxygen atoms in total. The van der Waals surface area contributed by atoms with Crippen molar-refractivity contribution in [3.05, 3.63) is 0 Å². The molecule has 0 aromatic rings. The van der Waals surface area contributed by atoms with Gasteiger partial charge in [0.05, 0.1) is 9.97 Å². The fraction of sp³-hybridized carbons (Fsp3) is 0.833. The highest BCUT2D eigenvalue weighted by Crippen LogP contribution is 2.19. The Kier molecular flexibility index (Phi) is 2.51. The fourth-order valence-corrected chi connectivity index (χ4v) is 1.57. The molecule has 0 saturated carbocycles. The van der Waals surface area contributed by atoms with Gasteiger partial charge in [0.2, 0.25) is 5.91 Å². The molecule has 4 heteroatoms. The molecule has 1 saturated heterocycles. The highest BCUT2D eigenvalue weighted by atomic mass is 127. The van der Waals surface area contributed by atoms with Crippen LogP contribution in [0.3, 0.4) is 0 Å². The Morgan fingerprint density at radius 1 is 1.60 bits per heavy atom. The number of carbonyl (C=O) groups is 1. The smallest absolute Gasteiger partial charge is 0.222 e. The van der Waals surface area contributed by atoms with Crippen molar-refractivity contribution in [3.8, 4) is 0 Å². The third kappa shape index (κ3) is 2.42. The second-order valence-corrected chi connectivity index (χ2v) is 5.03. The predicted molar refractivity (Wildman–Crippen MR) is 48.1 cm³/mol. The highest BCUT2D eigenvalue weighted by molar-refractivity contribution is 14.1. The second kappa shape index (κ2) is 3.04. The molecule has 0 radical (unpaired) electrons. The maximum atomic E-state index is 10.9. The van der Waals surface area contributed by atoms with Crippen molar-refractivity contribution >= 4 is 28.5 Å². The molecule has 1 rings (SSSR count). The first-order chi connectivity index (χ1) is 4.60.